The molecular formula is C10H9BrFN3O3. The second kappa shape index (κ2) is 4.62. The molecule has 8 heteroatoms. The van der Waals surface area contributed by atoms with Crippen molar-refractivity contribution >= 4 is 33.2 Å². The molecule has 0 saturated carbocycles. The molecule has 0 radical (unpaired) electrons. The fourth-order valence-corrected chi connectivity index (χ4v) is 2.37. The van der Waals surface area contributed by atoms with E-state index in [9.17, 15) is 19.3 Å². The van der Waals surface area contributed by atoms with Crippen LogP contribution in [0, 0.1) is 15.9 Å². The molecule has 6 nitrogen and oxygen atoms in total. The van der Waals surface area contributed by atoms with Crippen molar-refractivity contribution in [2.75, 3.05) is 11.4 Å². The van der Waals surface area contributed by atoms with E-state index in [4.69, 9.17) is 5.73 Å². The van der Waals surface area contributed by atoms with Crippen LogP contribution in [0.25, 0.3) is 0 Å². The second-order valence-electron chi connectivity index (χ2n) is 3.98. The maximum atomic E-state index is 13.3. The first-order valence-corrected chi connectivity index (χ1v) is 5.89. The first kappa shape index (κ1) is 12.9. The number of nitrogens with two attached hydrogens (primary N) is 1. The van der Waals surface area contributed by atoms with Crippen LogP contribution in [0.1, 0.15) is 6.42 Å². The zero-order valence-corrected chi connectivity index (χ0v) is 10.7. The predicted octanol–water partition coefficient (Wildman–Crippen LogP) is 1.56. The normalized spacial score (nSPS) is 19.4. The lowest BCUT2D eigenvalue weighted by Gasteiger charge is -2.17. The third kappa shape index (κ3) is 2.21. The predicted molar refractivity (Wildman–Crippen MR) is 65.7 cm³/mol. The van der Waals surface area contributed by atoms with Crippen molar-refractivity contribution in [2.24, 2.45) is 5.73 Å². The molecule has 0 bridgehead atoms. The van der Waals surface area contributed by atoms with Gasteiger partial charge in [-0.2, -0.15) is 4.39 Å². The molecule has 1 aliphatic rings. The number of carbonyl (C=O) groups excluding carboxylic acids is 1. The fraction of sp³-hybridized carbons (Fsp3) is 0.300. The number of rotatable bonds is 2. The quantitative estimate of drug-likeness (QED) is 0.662. The van der Waals surface area contributed by atoms with Gasteiger partial charge < -0.3 is 10.6 Å². The van der Waals surface area contributed by atoms with E-state index >= 15 is 0 Å². The Morgan fingerprint density at radius 3 is 2.72 bits per heavy atom. The van der Waals surface area contributed by atoms with Crippen molar-refractivity contribution in [1.82, 2.24) is 0 Å². The third-order valence-electron chi connectivity index (χ3n) is 2.66. The third-order valence-corrected chi connectivity index (χ3v) is 3.29. The van der Waals surface area contributed by atoms with Crippen LogP contribution in [0.2, 0.25) is 0 Å². The Morgan fingerprint density at radius 1 is 1.56 bits per heavy atom. The van der Waals surface area contributed by atoms with Gasteiger partial charge in [-0.3, -0.25) is 14.9 Å². The zero-order valence-electron chi connectivity index (χ0n) is 9.10. The van der Waals surface area contributed by atoms with Crippen molar-refractivity contribution < 1.29 is 14.1 Å². The van der Waals surface area contributed by atoms with Crippen LogP contribution in [0.15, 0.2) is 16.6 Å². The zero-order chi connectivity index (χ0) is 13.4. The monoisotopic (exact) mass is 317 g/mol. The summed E-state index contributed by atoms with van der Waals surface area (Å²) < 4.78 is 13.6. The summed E-state index contributed by atoms with van der Waals surface area (Å²) in [6.07, 6.45) is 0.178. The van der Waals surface area contributed by atoms with Gasteiger partial charge in [0.25, 0.3) is 0 Å². The molecule has 0 aromatic heterocycles. The van der Waals surface area contributed by atoms with E-state index in [1.54, 1.807) is 0 Å². The van der Waals surface area contributed by atoms with Crippen LogP contribution in [-0.4, -0.2) is 23.4 Å². The molecule has 1 aromatic rings. The summed E-state index contributed by atoms with van der Waals surface area (Å²) in [5.41, 5.74) is 5.24. The number of benzene rings is 1. The Hall–Kier alpha value is -1.54. The van der Waals surface area contributed by atoms with Crippen LogP contribution in [-0.2, 0) is 4.79 Å². The Labute approximate surface area is 110 Å². The highest BCUT2D eigenvalue weighted by Gasteiger charge is 2.31. The van der Waals surface area contributed by atoms with Crippen LogP contribution in [0.5, 0.6) is 0 Å². The average molecular weight is 318 g/mol. The number of carbonyl (C=O) groups is 1. The maximum Gasteiger partial charge on any atom is 0.306 e. The Kier molecular flexibility index (Phi) is 3.31. The molecule has 1 unspecified atom stereocenters. The number of nitro groups is 1. The number of hydrogen-bond acceptors (Lipinski definition) is 4. The van der Waals surface area contributed by atoms with Gasteiger partial charge in [0.05, 0.1) is 10.6 Å². The smallest absolute Gasteiger partial charge is 0.306 e. The lowest BCUT2D eigenvalue weighted by atomic mass is 10.2. The Morgan fingerprint density at radius 2 is 2.22 bits per heavy atom. The van der Waals surface area contributed by atoms with E-state index < -0.39 is 16.4 Å². The number of amides is 1. The molecule has 96 valence electrons. The van der Waals surface area contributed by atoms with E-state index in [-0.39, 0.29) is 35.1 Å². The van der Waals surface area contributed by atoms with E-state index in [2.05, 4.69) is 15.9 Å². The first-order valence-electron chi connectivity index (χ1n) is 5.09. The lowest BCUT2D eigenvalue weighted by molar-refractivity contribution is -0.387. The Balaban J connectivity index is 2.48. The molecule has 1 aliphatic heterocycles. The molecule has 1 amide bonds. The van der Waals surface area contributed by atoms with Gasteiger partial charge in [0.1, 0.15) is 0 Å². The number of hydrogen-bond donors (Lipinski definition) is 1. The van der Waals surface area contributed by atoms with Crippen molar-refractivity contribution in [1.29, 1.82) is 0 Å². The molecule has 1 saturated heterocycles. The molecule has 2 N–H and O–H groups in total. The summed E-state index contributed by atoms with van der Waals surface area (Å²) in [6, 6.07) is 1.70. The highest BCUT2D eigenvalue weighted by molar-refractivity contribution is 9.10. The maximum absolute atomic E-state index is 13.3. The molecular weight excluding hydrogens is 309 g/mol. The highest BCUT2D eigenvalue weighted by Crippen LogP contribution is 2.34. The average Bonchev–Trinajstić information content (AvgIpc) is 2.57. The van der Waals surface area contributed by atoms with Crippen molar-refractivity contribution in [3.8, 4) is 0 Å². The van der Waals surface area contributed by atoms with Gasteiger partial charge in [0.15, 0.2) is 0 Å². The molecule has 1 heterocycles. The van der Waals surface area contributed by atoms with Crippen LogP contribution >= 0.6 is 15.9 Å². The summed E-state index contributed by atoms with van der Waals surface area (Å²) in [4.78, 5) is 22.8. The van der Waals surface area contributed by atoms with Gasteiger partial charge in [-0.25, -0.2) is 0 Å². The van der Waals surface area contributed by atoms with E-state index in [0.29, 0.717) is 0 Å². The topological polar surface area (TPSA) is 89.5 Å². The van der Waals surface area contributed by atoms with E-state index in [0.717, 1.165) is 12.1 Å². The van der Waals surface area contributed by atoms with Gasteiger partial charge in [-0.15, -0.1) is 0 Å². The van der Waals surface area contributed by atoms with Crippen molar-refractivity contribution in [3.05, 3.63) is 32.5 Å². The van der Waals surface area contributed by atoms with Crippen LogP contribution in [0.4, 0.5) is 15.8 Å². The van der Waals surface area contributed by atoms with Crippen molar-refractivity contribution in [2.45, 2.75) is 12.5 Å². The van der Waals surface area contributed by atoms with Gasteiger partial charge in [-0.1, -0.05) is 0 Å². The standard InChI is InChI=1S/C10H9BrFN3O3/c11-6-2-7(12)9(15(17)18)3-8(6)14-4-5(13)1-10(14)16/h2-3,5H,1,4,13H2. The molecule has 0 spiro atoms. The van der Waals surface area contributed by atoms with Gasteiger partial charge >= 0.3 is 5.69 Å². The molecule has 0 aliphatic carbocycles. The molecule has 1 atom stereocenters. The number of anilines is 1. The van der Waals surface area contributed by atoms with Crippen LogP contribution < -0.4 is 10.6 Å². The fourth-order valence-electron chi connectivity index (χ4n) is 1.84. The van der Waals surface area contributed by atoms with Crippen molar-refractivity contribution in [3.63, 3.8) is 0 Å². The van der Waals surface area contributed by atoms with E-state index in [1.807, 2.05) is 0 Å². The number of halogens is 2. The van der Waals surface area contributed by atoms with Gasteiger partial charge in [0, 0.05) is 29.5 Å². The van der Waals surface area contributed by atoms with E-state index in [1.165, 1.54) is 4.90 Å². The summed E-state index contributed by atoms with van der Waals surface area (Å²) in [6.45, 7) is 0.264. The first-order chi connectivity index (χ1) is 8.40. The summed E-state index contributed by atoms with van der Waals surface area (Å²) >= 11 is 3.09. The molecule has 2 rings (SSSR count). The minimum absolute atomic E-state index is 0.178. The van der Waals surface area contributed by atoms with Gasteiger partial charge in [0.2, 0.25) is 11.7 Å². The van der Waals surface area contributed by atoms with Gasteiger partial charge in [-0.05, 0) is 22.0 Å². The molecule has 1 fully saturated rings. The largest absolute Gasteiger partial charge is 0.326 e. The SMILES string of the molecule is NC1CC(=O)N(c2cc([N+](=O)[O-])c(F)cc2Br)C1. The number of nitrogens with zero attached hydrogens (tertiary/aromatic N) is 2. The number of nitro benzene ring substituents is 1. The second-order valence-corrected chi connectivity index (χ2v) is 4.84. The highest BCUT2D eigenvalue weighted by atomic mass is 79.9. The van der Waals surface area contributed by atoms with Crippen LogP contribution in [0.3, 0.4) is 0 Å². The summed E-state index contributed by atoms with van der Waals surface area (Å²) in [7, 11) is 0. The molecule has 18 heavy (non-hydrogen) atoms. The molecule has 1 aromatic carbocycles. The summed E-state index contributed by atoms with van der Waals surface area (Å²) in [5.74, 6) is -1.18. The minimum Gasteiger partial charge on any atom is -0.326 e. The lowest BCUT2D eigenvalue weighted by Crippen LogP contribution is -2.28. The summed E-state index contributed by atoms with van der Waals surface area (Å²) in [5, 5.41) is 10.7. The minimum atomic E-state index is -0.952. The Bertz CT molecular complexity index is 537.